The van der Waals surface area contributed by atoms with Crippen molar-refractivity contribution in [2.45, 2.75) is 6.92 Å². The third kappa shape index (κ3) is 3.44. The zero-order valence-electron chi connectivity index (χ0n) is 9.62. The van der Waals surface area contributed by atoms with Crippen molar-refractivity contribution in [3.05, 3.63) is 23.8 Å². The highest BCUT2D eigenvalue weighted by Gasteiger charge is 2.03. The minimum atomic E-state index is 0.590. The molecule has 0 amide bonds. The zero-order chi connectivity index (χ0) is 11.8. The summed E-state index contributed by atoms with van der Waals surface area (Å²) in [4.78, 5) is 0. The fraction of sp³-hybridized carbons (Fsp3) is 0.417. The Balaban J connectivity index is 2.62. The third-order valence-electron chi connectivity index (χ3n) is 2.10. The first kappa shape index (κ1) is 12.3. The number of nitriles is 1. The minimum absolute atomic E-state index is 0.590. The van der Waals surface area contributed by atoms with Crippen molar-refractivity contribution in [1.82, 2.24) is 0 Å². The van der Waals surface area contributed by atoms with Crippen LogP contribution in [0, 0.1) is 11.3 Å². The number of methoxy groups -OCH3 is 1. The van der Waals surface area contributed by atoms with Crippen molar-refractivity contribution in [2.24, 2.45) is 0 Å². The van der Waals surface area contributed by atoms with E-state index >= 15 is 0 Å². The van der Waals surface area contributed by atoms with Crippen LogP contribution in [-0.2, 0) is 4.74 Å². The molecular weight excluding hydrogens is 204 g/mol. The highest BCUT2D eigenvalue weighted by molar-refractivity contribution is 5.59. The minimum Gasteiger partial charge on any atom is -0.495 e. The van der Waals surface area contributed by atoms with Crippen LogP contribution in [0.3, 0.4) is 0 Å². The molecule has 0 heterocycles. The van der Waals surface area contributed by atoms with Gasteiger partial charge in [-0.25, -0.2) is 0 Å². The smallest absolute Gasteiger partial charge is 0.143 e. The number of ether oxygens (including phenoxy) is 2. The number of anilines is 1. The summed E-state index contributed by atoms with van der Waals surface area (Å²) in [5.74, 6) is 0.676. The quantitative estimate of drug-likeness (QED) is 0.745. The van der Waals surface area contributed by atoms with Crippen LogP contribution in [0.2, 0.25) is 0 Å². The Labute approximate surface area is 95.8 Å². The Kier molecular flexibility index (Phi) is 5.17. The predicted octanol–water partition coefficient (Wildman–Crippen LogP) is 2.02. The summed E-state index contributed by atoms with van der Waals surface area (Å²) in [7, 11) is 1.59. The molecule has 0 aliphatic heterocycles. The Bertz CT molecular complexity index is 372. The van der Waals surface area contributed by atoms with E-state index in [4.69, 9.17) is 14.7 Å². The second-order valence-electron chi connectivity index (χ2n) is 3.15. The molecule has 0 radical (unpaired) electrons. The van der Waals surface area contributed by atoms with Crippen molar-refractivity contribution in [3.63, 3.8) is 0 Å². The van der Waals surface area contributed by atoms with Gasteiger partial charge in [0, 0.05) is 19.2 Å². The lowest BCUT2D eigenvalue weighted by atomic mass is 10.2. The Morgan fingerprint density at radius 3 is 2.88 bits per heavy atom. The van der Waals surface area contributed by atoms with E-state index in [1.807, 2.05) is 13.0 Å². The maximum absolute atomic E-state index is 8.75. The van der Waals surface area contributed by atoms with Crippen LogP contribution in [-0.4, -0.2) is 26.9 Å². The molecule has 86 valence electrons. The van der Waals surface area contributed by atoms with Gasteiger partial charge in [0.25, 0.3) is 0 Å². The number of hydrogen-bond acceptors (Lipinski definition) is 4. The standard InChI is InChI=1S/C12H16N2O2/c1-3-16-7-6-14-11-5-4-10(9-13)8-12(11)15-2/h4-5,8,14H,3,6-7H2,1-2H3. The highest BCUT2D eigenvalue weighted by atomic mass is 16.5. The van der Waals surface area contributed by atoms with E-state index in [1.54, 1.807) is 19.2 Å². The van der Waals surface area contributed by atoms with Crippen LogP contribution in [0.4, 0.5) is 5.69 Å². The number of nitrogens with one attached hydrogen (secondary N) is 1. The van der Waals surface area contributed by atoms with Gasteiger partial charge in [-0.15, -0.1) is 0 Å². The molecule has 0 aromatic heterocycles. The zero-order valence-corrected chi connectivity index (χ0v) is 9.62. The first-order chi connectivity index (χ1) is 7.81. The van der Waals surface area contributed by atoms with Gasteiger partial charge in [-0.05, 0) is 19.1 Å². The predicted molar refractivity (Wildman–Crippen MR) is 62.7 cm³/mol. The van der Waals surface area contributed by atoms with Gasteiger partial charge in [-0.1, -0.05) is 0 Å². The van der Waals surface area contributed by atoms with Gasteiger partial charge < -0.3 is 14.8 Å². The van der Waals surface area contributed by atoms with E-state index in [0.29, 0.717) is 24.5 Å². The fourth-order valence-electron chi connectivity index (χ4n) is 1.31. The molecule has 1 aromatic rings. The highest BCUT2D eigenvalue weighted by Crippen LogP contribution is 2.24. The van der Waals surface area contributed by atoms with Gasteiger partial charge in [0.1, 0.15) is 5.75 Å². The van der Waals surface area contributed by atoms with Gasteiger partial charge >= 0.3 is 0 Å². The Hall–Kier alpha value is -1.73. The molecule has 0 aliphatic carbocycles. The first-order valence-corrected chi connectivity index (χ1v) is 5.21. The topological polar surface area (TPSA) is 54.3 Å². The summed E-state index contributed by atoms with van der Waals surface area (Å²) < 4.78 is 10.4. The molecule has 0 spiro atoms. The lowest BCUT2D eigenvalue weighted by Crippen LogP contribution is -2.09. The first-order valence-electron chi connectivity index (χ1n) is 5.21. The van der Waals surface area contributed by atoms with Crippen molar-refractivity contribution in [2.75, 3.05) is 32.2 Å². The van der Waals surface area contributed by atoms with Crippen LogP contribution in [0.5, 0.6) is 5.75 Å². The molecule has 16 heavy (non-hydrogen) atoms. The summed E-state index contributed by atoms with van der Waals surface area (Å²) >= 11 is 0. The van der Waals surface area contributed by atoms with Crippen LogP contribution >= 0.6 is 0 Å². The number of benzene rings is 1. The monoisotopic (exact) mass is 220 g/mol. The molecule has 4 nitrogen and oxygen atoms in total. The summed E-state index contributed by atoms with van der Waals surface area (Å²) in [5, 5.41) is 11.9. The summed E-state index contributed by atoms with van der Waals surface area (Å²) in [6.07, 6.45) is 0. The molecule has 0 atom stereocenters. The van der Waals surface area contributed by atoms with E-state index in [1.165, 1.54) is 0 Å². The van der Waals surface area contributed by atoms with Gasteiger partial charge in [-0.3, -0.25) is 0 Å². The number of rotatable bonds is 6. The SMILES string of the molecule is CCOCCNc1ccc(C#N)cc1OC. The maximum atomic E-state index is 8.75. The van der Waals surface area contributed by atoms with E-state index in [0.717, 1.165) is 12.2 Å². The lowest BCUT2D eigenvalue weighted by Gasteiger charge is -2.11. The average Bonchev–Trinajstić information content (AvgIpc) is 2.34. The van der Waals surface area contributed by atoms with Gasteiger partial charge in [0.05, 0.1) is 31.0 Å². The summed E-state index contributed by atoms with van der Waals surface area (Å²) in [5.41, 5.74) is 1.47. The molecule has 0 unspecified atom stereocenters. The molecule has 4 heteroatoms. The largest absolute Gasteiger partial charge is 0.495 e. The summed E-state index contributed by atoms with van der Waals surface area (Å²) in [6.45, 7) is 4.05. The third-order valence-corrected chi connectivity index (χ3v) is 2.10. The van der Waals surface area contributed by atoms with Gasteiger partial charge in [-0.2, -0.15) is 5.26 Å². The van der Waals surface area contributed by atoms with Gasteiger partial charge in [0.2, 0.25) is 0 Å². The number of nitrogens with zero attached hydrogens (tertiary/aromatic N) is 1. The van der Waals surface area contributed by atoms with Gasteiger partial charge in [0.15, 0.2) is 0 Å². The van der Waals surface area contributed by atoms with Crippen molar-refractivity contribution < 1.29 is 9.47 Å². The van der Waals surface area contributed by atoms with Crippen LogP contribution in [0.15, 0.2) is 18.2 Å². The Morgan fingerprint density at radius 1 is 1.44 bits per heavy atom. The normalized spacial score (nSPS) is 9.56. The number of hydrogen-bond donors (Lipinski definition) is 1. The second kappa shape index (κ2) is 6.70. The molecule has 1 N–H and O–H groups in total. The van der Waals surface area contributed by atoms with Crippen molar-refractivity contribution >= 4 is 5.69 Å². The average molecular weight is 220 g/mol. The molecule has 1 aromatic carbocycles. The fourth-order valence-corrected chi connectivity index (χ4v) is 1.31. The lowest BCUT2D eigenvalue weighted by molar-refractivity contribution is 0.158. The molecular formula is C12H16N2O2. The van der Waals surface area contributed by atoms with Crippen LogP contribution < -0.4 is 10.1 Å². The van der Waals surface area contributed by atoms with E-state index < -0.39 is 0 Å². The van der Waals surface area contributed by atoms with Crippen molar-refractivity contribution in [1.29, 1.82) is 5.26 Å². The summed E-state index contributed by atoms with van der Waals surface area (Å²) in [6, 6.07) is 7.38. The maximum Gasteiger partial charge on any atom is 0.143 e. The van der Waals surface area contributed by atoms with E-state index in [-0.39, 0.29) is 0 Å². The van der Waals surface area contributed by atoms with E-state index in [2.05, 4.69) is 11.4 Å². The van der Waals surface area contributed by atoms with Crippen LogP contribution in [0.25, 0.3) is 0 Å². The Morgan fingerprint density at radius 2 is 2.25 bits per heavy atom. The van der Waals surface area contributed by atoms with E-state index in [9.17, 15) is 0 Å². The van der Waals surface area contributed by atoms with Crippen molar-refractivity contribution in [3.8, 4) is 11.8 Å². The molecule has 0 bridgehead atoms. The second-order valence-corrected chi connectivity index (χ2v) is 3.15. The van der Waals surface area contributed by atoms with Crippen LogP contribution in [0.1, 0.15) is 12.5 Å². The molecule has 0 saturated heterocycles. The molecule has 0 fully saturated rings. The molecule has 0 saturated carbocycles. The molecule has 1 rings (SSSR count). The molecule has 0 aliphatic rings.